The van der Waals surface area contributed by atoms with Crippen molar-refractivity contribution in [2.24, 2.45) is 5.73 Å². The third-order valence-corrected chi connectivity index (χ3v) is 2.78. The zero-order valence-corrected chi connectivity index (χ0v) is 8.62. The summed E-state index contributed by atoms with van der Waals surface area (Å²) < 4.78 is 5.03. The first kappa shape index (κ1) is 10.1. The quantitative estimate of drug-likeness (QED) is 0.725. The third-order valence-electron chi connectivity index (χ3n) is 2.78. The van der Waals surface area contributed by atoms with Gasteiger partial charge in [-0.05, 0) is 12.8 Å². The van der Waals surface area contributed by atoms with Gasteiger partial charge in [-0.1, -0.05) is 18.0 Å². The summed E-state index contributed by atoms with van der Waals surface area (Å²) in [4.78, 5) is 15.2. The number of carbonyl (C=O) groups excluding carboxylic acids is 1. The fourth-order valence-corrected chi connectivity index (χ4v) is 1.85. The highest BCUT2D eigenvalue weighted by Crippen LogP contribution is 2.35. The van der Waals surface area contributed by atoms with E-state index >= 15 is 0 Å². The van der Waals surface area contributed by atoms with E-state index in [9.17, 15) is 4.79 Å². The van der Waals surface area contributed by atoms with E-state index in [2.05, 4.69) is 15.5 Å². The van der Waals surface area contributed by atoms with Gasteiger partial charge in [0.1, 0.15) is 0 Å². The Morgan fingerprint density at radius 2 is 2.20 bits per heavy atom. The van der Waals surface area contributed by atoms with Crippen molar-refractivity contribution in [2.45, 2.75) is 31.2 Å². The summed E-state index contributed by atoms with van der Waals surface area (Å²) in [5, 5.41) is 6.03. The maximum absolute atomic E-state index is 11.2. The van der Waals surface area contributed by atoms with E-state index in [1.54, 1.807) is 0 Å². The minimum atomic E-state index is -0.529. The molecule has 0 bridgehead atoms. The molecule has 1 amide bonds. The largest absolute Gasteiger partial charge is 0.352 e. The van der Waals surface area contributed by atoms with Crippen LogP contribution >= 0.6 is 0 Å². The molecular formula is C9H14N4O2. The molecule has 0 saturated heterocycles. The highest BCUT2D eigenvalue weighted by atomic mass is 16.5. The van der Waals surface area contributed by atoms with Gasteiger partial charge < -0.3 is 15.6 Å². The summed E-state index contributed by atoms with van der Waals surface area (Å²) in [5.41, 5.74) is 5.58. The van der Waals surface area contributed by atoms with E-state index in [0.29, 0.717) is 5.89 Å². The van der Waals surface area contributed by atoms with Crippen LogP contribution in [0.4, 0.5) is 0 Å². The Kier molecular flexibility index (Phi) is 2.44. The molecule has 1 aromatic rings. The van der Waals surface area contributed by atoms with Gasteiger partial charge in [-0.2, -0.15) is 4.98 Å². The molecule has 0 unspecified atom stereocenters. The molecule has 1 aliphatic rings. The third kappa shape index (κ3) is 1.72. The zero-order valence-electron chi connectivity index (χ0n) is 8.62. The lowest BCUT2D eigenvalue weighted by molar-refractivity contribution is 0.0950. The first-order chi connectivity index (χ1) is 7.15. The van der Waals surface area contributed by atoms with E-state index in [-0.39, 0.29) is 11.7 Å². The van der Waals surface area contributed by atoms with Crippen LogP contribution in [0, 0.1) is 0 Å². The molecule has 0 aliphatic heterocycles. The van der Waals surface area contributed by atoms with Crippen molar-refractivity contribution in [1.29, 1.82) is 0 Å². The van der Waals surface area contributed by atoms with Crippen molar-refractivity contribution in [2.75, 3.05) is 7.05 Å². The van der Waals surface area contributed by atoms with Gasteiger partial charge in [0.15, 0.2) is 0 Å². The number of nitrogens with two attached hydrogens (primary N) is 1. The molecular weight excluding hydrogens is 196 g/mol. The van der Waals surface area contributed by atoms with Crippen LogP contribution in [-0.4, -0.2) is 23.1 Å². The summed E-state index contributed by atoms with van der Waals surface area (Å²) in [7, 11) is 1.52. The molecule has 1 saturated carbocycles. The van der Waals surface area contributed by atoms with Crippen LogP contribution in [0.2, 0.25) is 0 Å². The van der Waals surface area contributed by atoms with Crippen LogP contribution in [0.3, 0.4) is 0 Å². The van der Waals surface area contributed by atoms with Crippen molar-refractivity contribution in [1.82, 2.24) is 15.5 Å². The second-order valence-electron chi connectivity index (χ2n) is 3.87. The lowest BCUT2D eigenvalue weighted by atomic mass is 9.99. The molecule has 82 valence electrons. The molecule has 15 heavy (non-hydrogen) atoms. The predicted molar refractivity (Wildman–Crippen MR) is 52.0 cm³/mol. The van der Waals surface area contributed by atoms with E-state index in [1.807, 2.05) is 0 Å². The van der Waals surface area contributed by atoms with Crippen LogP contribution in [0.5, 0.6) is 0 Å². The van der Waals surface area contributed by atoms with Gasteiger partial charge in [-0.25, -0.2) is 0 Å². The Bertz CT molecular complexity index is 368. The van der Waals surface area contributed by atoms with Gasteiger partial charge in [0.05, 0.1) is 5.54 Å². The topological polar surface area (TPSA) is 94.0 Å². The molecule has 1 heterocycles. The van der Waals surface area contributed by atoms with Gasteiger partial charge in [0.25, 0.3) is 11.7 Å². The predicted octanol–water partition coefficient (Wildman–Crippen LogP) is 0.157. The Morgan fingerprint density at radius 1 is 1.53 bits per heavy atom. The zero-order chi connectivity index (χ0) is 10.9. The highest BCUT2D eigenvalue weighted by Gasteiger charge is 2.37. The smallest absolute Gasteiger partial charge is 0.292 e. The van der Waals surface area contributed by atoms with Crippen molar-refractivity contribution in [3.8, 4) is 0 Å². The molecule has 0 aromatic carbocycles. The molecule has 3 N–H and O–H groups in total. The maximum Gasteiger partial charge on any atom is 0.292 e. The van der Waals surface area contributed by atoms with E-state index in [4.69, 9.17) is 10.3 Å². The van der Waals surface area contributed by atoms with E-state index in [1.165, 1.54) is 7.05 Å². The number of carbonyl (C=O) groups is 1. The second kappa shape index (κ2) is 3.62. The molecule has 2 rings (SSSR count). The first-order valence-electron chi connectivity index (χ1n) is 5.01. The number of hydrogen-bond acceptors (Lipinski definition) is 5. The SMILES string of the molecule is CNC(=O)c1noc(C2(N)CCCC2)n1. The van der Waals surface area contributed by atoms with Gasteiger partial charge in [-0.3, -0.25) is 4.79 Å². The summed E-state index contributed by atoms with van der Waals surface area (Å²) in [6.07, 6.45) is 3.80. The summed E-state index contributed by atoms with van der Waals surface area (Å²) in [5.74, 6) is 0.0643. The number of rotatable bonds is 2. The lowest BCUT2D eigenvalue weighted by Crippen LogP contribution is -2.33. The van der Waals surface area contributed by atoms with Crippen LogP contribution in [-0.2, 0) is 5.54 Å². The highest BCUT2D eigenvalue weighted by molar-refractivity contribution is 5.89. The fourth-order valence-electron chi connectivity index (χ4n) is 1.85. The van der Waals surface area contributed by atoms with Gasteiger partial charge in [0.2, 0.25) is 5.89 Å². The van der Waals surface area contributed by atoms with Crippen molar-refractivity contribution < 1.29 is 9.32 Å². The standard InChI is InChI=1S/C9H14N4O2/c1-11-7(14)6-12-8(15-13-6)9(10)4-2-3-5-9/h2-5,10H2,1H3,(H,11,14). The molecule has 6 nitrogen and oxygen atoms in total. The minimum Gasteiger partial charge on any atom is -0.352 e. The van der Waals surface area contributed by atoms with Crippen molar-refractivity contribution in [3.63, 3.8) is 0 Å². The summed E-state index contributed by atoms with van der Waals surface area (Å²) in [6, 6.07) is 0. The van der Waals surface area contributed by atoms with Crippen LogP contribution in [0.25, 0.3) is 0 Å². The van der Waals surface area contributed by atoms with Gasteiger partial charge >= 0.3 is 0 Å². The number of amides is 1. The average molecular weight is 210 g/mol. The Morgan fingerprint density at radius 3 is 2.80 bits per heavy atom. The van der Waals surface area contributed by atoms with Crippen LogP contribution in [0.1, 0.15) is 42.2 Å². The number of hydrogen-bond donors (Lipinski definition) is 2. The van der Waals surface area contributed by atoms with Crippen LogP contribution in [0.15, 0.2) is 4.52 Å². The number of nitrogens with zero attached hydrogens (tertiary/aromatic N) is 2. The summed E-state index contributed by atoms with van der Waals surface area (Å²) >= 11 is 0. The first-order valence-corrected chi connectivity index (χ1v) is 5.01. The molecule has 1 fully saturated rings. The van der Waals surface area contributed by atoms with Gasteiger partial charge in [0, 0.05) is 7.05 Å². The maximum atomic E-state index is 11.2. The number of nitrogens with one attached hydrogen (secondary N) is 1. The monoisotopic (exact) mass is 210 g/mol. The molecule has 1 aromatic heterocycles. The Hall–Kier alpha value is -1.43. The summed E-state index contributed by atoms with van der Waals surface area (Å²) in [6.45, 7) is 0. The minimum absolute atomic E-state index is 0.0456. The molecule has 0 spiro atoms. The molecule has 0 radical (unpaired) electrons. The van der Waals surface area contributed by atoms with E-state index in [0.717, 1.165) is 25.7 Å². The van der Waals surface area contributed by atoms with Crippen LogP contribution < -0.4 is 11.1 Å². The van der Waals surface area contributed by atoms with Crippen molar-refractivity contribution in [3.05, 3.63) is 11.7 Å². The van der Waals surface area contributed by atoms with Gasteiger partial charge in [-0.15, -0.1) is 0 Å². The lowest BCUT2D eigenvalue weighted by Gasteiger charge is -2.16. The second-order valence-corrected chi connectivity index (χ2v) is 3.87. The Balaban J connectivity index is 2.23. The Labute approximate surface area is 87.2 Å². The van der Waals surface area contributed by atoms with E-state index < -0.39 is 5.54 Å². The van der Waals surface area contributed by atoms with Crippen molar-refractivity contribution >= 4 is 5.91 Å². The normalized spacial score (nSPS) is 19.1. The fraction of sp³-hybridized carbons (Fsp3) is 0.667. The number of aromatic nitrogens is 2. The average Bonchev–Trinajstić information content (AvgIpc) is 2.85. The molecule has 6 heteroatoms. The molecule has 0 atom stereocenters. The molecule has 1 aliphatic carbocycles.